The molecule has 35 heavy (non-hydrogen) atoms. The van der Waals surface area contributed by atoms with Gasteiger partial charge in [0, 0.05) is 44.4 Å². The summed E-state index contributed by atoms with van der Waals surface area (Å²) in [5.74, 6) is 0.0187. The number of hydrogen-bond acceptors (Lipinski definition) is 7. The molecule has 1 fully saturated rings. The summed E-state index contributed by atoms with van der Waals surface area (Å²) < 4.78 is 20.4. The van der Waals surface area contributed by atoms with Crippen LogP contribution in [0.25, 0.3) is 15.5 Å². The Hall–Kier alpha value is -3.34. The van der Waals surface area contributed by atoms with E-state index in [2.05, 4.69) is 15.0 Å². The van der Waals surface area contributed by atoms with Gasteiger partial charge in [0.25, 0.3) is 11.5 Å². The molecule has 2 aromatic heterocycles. The largest absolute Gasteiger partial charge is 0.482 e. The van der Waals surface area contributed by atoms with E-state index in [1.165, 1.54) is 34.1 Å². The van der Waals surface area contributed by atoms with Gasteiger partial charge in [-0.25, -0.2) is 9.37 Å². The number of piperazine rings is 1. The summed E-state index contributed by atoms with van der Waals surface area (Å²) in [6.07, 6.45) is 0. The van der Waals surface area contributed by atoms with Crippen molar-refractivity contribution in [3.63, 3.8) is 0 Å². The summed E-state index contributed by atoms with van der Waals surface area (Å²) in [6, 6.07) is 14.6. The Labute approximate surface area is 209 Å². The van der Waals surface area contributed by atoms with Gasteiger partial charge in [-0.1, -0.05) is 47.2 Å². The second-order valence-electron chi connectivity index (χ2n) is 8.07. The first-order chi connectivity index (χ1) is 17.0. The maximum atomic E-state index is 13.6. The minimum absolute atomic E-state index is 0.0717. The molecule has 0 N–H and O–H groups in total. The molecule has 0 atom stereocenters. The average Bonchev–Trinajstić information content (AvgIpc) is 3.29. The van der Waals surface area contributed by atoms with Gasteiger partial charge in [-0.3, -0.25) is 14.5 Å². The van der Waals surface area contributed by atoms with Crippen LogP contribution in [0.4, 0.5) is 4.39 Å². The fourth-order valence-corrected chi connectivity index (χ4v) is 4.96. The van der Waals surface area contributed by atoms with Crippen LogP contribution < -0.4 is 10.3 Å². The van der Waals surface area contributed by atoms with Crippen molar-refractivity contribution in [2.45, 2.75) is 6.54 Å². The zero-order valence-electron chi connectivity index (χ0n) is 18.6. The van der Waals surface area contributed by atoms with Gasteiger partial charge in [0.15, 0.2) is 6.61 Å². The van der Waals surface area contributed by atoms with Gasteiger partial charge < -0.3 is 9.64 Å². The van der Waals surface area contributed by atoms with Gasteiger partial charge in [-0.2, -0.15) is 9.61 Å². The highest BCUT2D eigenvalue weighted by atomic mass is 35.5. The van der Waals surface area contributed by atoms with Crippen LogP contribution in [0.3, 0.4) is 0 Å². The van der Waals surface area contributed by atoms with E-state index >= 15 is 0 Å². The maximum absolute atomic E-state index is 13.6. The van der Waals surface area contributed by atoms with Crippen molar-refractivity contribution in [2.24, 2.45) is 0 Å². The summed E-state index contributed by atoms with van der Waals surface area (Å²) in [5.41, 5.74) is 0.946. The molecule has 180 valence electrons. The van der Waals surface area contributed by atoms with Crippen LogP contribution in [0.5, 0.6) is 5.75 Å². The molecule has 1 aliphatic heterocycles. The summed E-state index contributed by atoms with van der Waals surface area (Å²) in [7, 11) is 0. The zero-order chi connectivity index (χ0) is 24.4. The van der Waals surface area contributed by atoms with Crippen molar-refractivity contribution in [1.29, 1.82) is 0 Å². The highest BCUT2D eigenvalue weighted by molar-refractivity contribution is 7.19. The third-order valence-electron chi connectivity index (χ3n) is 5.67. The van der Waals surface area contributed by atoms with Crippen molar-refractivity contribution in [3.8, 4) is 16.3 Å². The van der Waals surface area contributed by atoms with Crippen molar-refractivity contribution < 1.29 is 13.9 Å². The van der Waals surface area contributed by atoms with E-state index in [1.807, 2.05) is 0 Å². The Kier molecular flexibility index (Phi) is 6.76. The van der Waals surface area contributed by atoms with Crippen LogP contribution in [0.1, 0.15) is 5.69 Å². The van der Waals surface area contributed by atoms with Crippen LogP contribution in [-0.2, 0) is 11.3 Å². The molecule has 5 rings (SSSR count). The third kappa shape index (κ3) is 5.34. The predicted molar refractivity (Wildman–Crippen MR) is 131 cm³/mol. The lowest BCUT2D eigenvalue weighted by molar-refractivity contribution is -0.135. The van der Waals surface area contributed by atoms with E-state index in [-0.39, 0.29) is 23.9 Å². The number of ether oxygens (including phenoxy) is 1. The third-order valence-corrected chi connectivity index (χ3v) is 6.94. The highest BCUT2D eigenvalue weighted by Crippen LogP contribution is 2.25. The number of fused-ring (bicyclic) bond motifs is 1. The summed E-state index contributed by atoms with van der Waals surface area (Å²) in [5, 5.41) is 5.29. The molecule has 4 aromatic rings. The molecule has 3 heterocycles. The van der Waals surface area contributed by atoms with E-state index in [4.69, 9.17) is 16.3 Å². The number of rotatable bonds is 6. The fourth-order valence-electron chi connectivity index (χ4n) is 3.85. The molecule has 1 aliphatic rings. The van der Waals surface area contributed by atoms with Crippen molar-refractivity contribution in [3.05, 3.63) is 81.5 Å². The predicted octanol–water partition coefficient (Wildman–Crippen LogP) is 3.33. The monoisotopic (exact) mass is 513 g/mol. The van der Waals surface area contributed by atoms with Crippen molar-refractivity contribution >= 4 is 33.8 Å². The zero-order valence-corrected chi connectivity index (χ0v) is 20.1. The highest BCUT2D eigenvalue weighted by Gasteiger charge is 2.22. The molecule has 0 bridgehead atoms. The SMILES string of the molecule is O=C(COc1ccccc1Cl)N1CCN(Cc2cc(=O)n3nc(-c4cccc(F)c4)sc3n2)CC1. The topological polar surface area (TPSA) is 80.0 Å². The van der Waals surface area contributed by atoms with E-state index in [0.29, 0.717) is 64.7 Å². The van der Waals surface area contributed by atoms with Crippen LogP contribution in [0.15, 0.2) is 59.4 Å². The smallest absolute Gasteiger partial charge is 0.275 e. The molecule has 0 unspecified atom stereocenters. The first-order valence-electron chi connectivity index (χ1n) is 11.0. The molecule has 0 spiro atoms. The fraction of sp³-hybridized carbons (Fsp3) is 0.250. The molecule has 0 radical (unpaired) electrons. The molecule has 0 saturated carbocycles. The van der Waals surface area contributed by atoms with Crippen LogP contribution in [-0.4, -0.2) is 63.1 Å². The number of nitrogens with zero attached hydrogens (tertiary/aromatic N) is 5. The molecular weight excluding hydrogens is 493 g/mol. The number of carbonyl (C=O) groups excluding carboxylic acids is 1. The first-order valence-corrected chi connectivity index (χ1v) is 12.2. The van der Waals surface area contributed by atoms with Gasteiger partial charge in [-0.15, -0.1) is 0 Å². The molecule has 2 aromatic carbocycles. The van der Waals surface area contributed by atoms with Gasteiger partial charge in [-0.05, 0) is 24.3 Å². The number of hydrogen-bond donors (Lipinski definition) is 0. The summed E-state index contributed by atoms with van der Waals surface area (Å²) >= 11 is 7.31. The Morgan fingerprint density at radius 1 is 1.09 bits per heavy atom. The number of carbonyl (C=O) groups is 1. The van der Waals surface area contributed by atoms with E-state index in [9.17, 15) is 14.0 Å². The number of aromatic nitrogens is 3. The van der Waals surface area contributed by atoms with E-state index in [1.54, 1.807) is 41.3 Å². The lowest BCUT2D eigenvalue weighted by Crippen LogP contribution is -2.49. The number of benzene rings is 2. The van der Waals surface area contributed by atoms with Crippen molar-refractivity contribution in [1.82, 2.24) is 24.4 Å². The maximum Gasteiger partial charge on any atom is 0.275 e. The second kappa shape index (κ2) is 10.1. The summed E-state index contributed by atoms with van der Waals surface area (Å²) in [6.45, 7) is 2.81. The molecule has 1 saturated heterocycles. The molecular formula is C24H21ClFN5O3S. The van der Waals surface area contributed by atoms with E-state index in [0.717, 1.165) is 0 Å². The Morgan fingerprint density at radius 3 is 2.66 bits per heavy atom. The lowest BCUT2D eigenvalue weighted by Gasteiger charge is -2.34. The Balaban J connectivity index is 1.20. The number of para-hydroxylation sites is 1. The molecule has 0 aliphatic carbocycles. The van der Waals surface area contributed by atoms with Gasteiger partial charge in [0.1, 0.15) is 16.6 Å². The quantitative estimate of drug-likeness (QED) is 0.393. The van der Waals surface area contributed by atoms with Crippen molar-refractivity contribution in [2.75, 3.05) is 32.8 Å². The Morgan fingerprint density at radius 2 is 1.89 bits per heavy atom. The van der Waals surface area contributed by atoms with Crippen LogP contribution in [0.2, 0.25) is 5.02 Å². The Bertz CT molecular complexity index is 1430. The summed E-state index contributed by atoms with van der Waals surface area (Å²) in [4.78, 5) is 34.1. The first kappa shape index (κ1) is 23.4. The number of halogens is 2. The normalized spacial score (nSPS) is 14.4. The van der Waals surface area contributed by atoms with Gasteiger partial charge >= 0.3 is 0 Å². The minimum atomic E-state index is -0.365. The lowest BCUT2D eigenvalue weighted by atomic mass is 10.2. The van der Waals surface area contributed by atoms with Crippen LogP contribution >= 0.6 is 22.9 Å². The van der Waals surface area contributed by atoms with Crippen LogP contribution in [0, 0.1) is 5.82 Å². The van der Waals surface area contributed by atoms with E-state index < -0.39 is 0 Å². The molecule has 1 amide bonds. The van der Waals surface area contributed by atoms with Gasteiger partial charge in [0.2, 0.25) is 4.96 Å². The molecule has 11 heteroatoms. The number of amides is 1. The molecule has 8 nitrogen and oxygen atoms in total. The minimum Gasteiger partial charge on any atom is -0.482 e. The average molecular weight is 514 g/mol. The van der Waals surface area contributed by atoms with Gasteiger partial charge in [0.05, 0.1) is 10.7 Å². The standard InChI is InChI=1S/C24H21ClFN5O3S/c25-19-6-1-2-7-20(19)34-15-22(33)30-10-8-29(9-11-30)14-18-13-21(32)31-24(27-18)35-23(28-31)16-4-3-5-17(26)12-16/h1-7,12-13H,8-11,14-15H2. The second-order valence-corrected chi connectivity index (χ2v) is 9.44.